The number of nitrogens with one attached hydrogen (secondary N) is 2. The number of hydrogen-bond donors (Lipinski definition) is 3. The molecule has 0 unspecified atom stereocenters. The van der Waals surface area contributed by atoms with Crippen molar-refractivity contribution >= 4 is 11.5 Å². The molecule has 2 rings (SSSR count). The van der Waals surface area contributed by atoms with Crippen LogP contribution >= 0.6 is 0 Å². The molecule has 0 aliphatic heterocycles. The van der Waals surface area contributed by atoms with Crippen molar-refractivity contribution in [2.75, 3.05) is 25.3 Å². The van der Waals surface area contributed by atoms with Crippen molar-refractivity contribution in [3.63, 3.8) is 0 Å². The number of H-pyrrole nitrogens is 1. The fourth-order valence-corrected chi connectivity index (χ4v) is 1.62. The Hall–Kier alpha value is -2.37. The maximum absolute atomic E-state index is 5.68. The second-order valence-electron chi connectivity index (χ2n) is 3.74. The van der Waals surface area contributed by atoms with E-state index in [1.165, 1.54) is 0 Å². The SMILES string of the molecule is COc1ccc(CNc2cn[nH]c2N)cc1OC. The second kappa shape index (κ2) is 5.31. The number of hydrogen-bond acceptors (Lipinski definition) is 5. The van der Waals surface area contributed by atoms with Crippen LogP contribution in [0.5, 0.6) is 11.5 Å². The summed E-state index contributed by atoms with van der Waals surface area (Å²) in [6.07, 6.45) is 1.65. The Morgan fingerprint density at radius 3 is 2.67 bits per heavy atom. The van der Waals surface area contributed by atoms with Crippen LogP contribution in [0, 0.1) is 0 Å². The first kappa shape index (κ1) is 12.1. The summed E-state index contributed by atoms with van der Waals surface area (Å²) in [5.41, 5.74) is 7.53. The van der Waals surface area contributed by atoms with Crippen LogP contribution in [0.15, 0.2) is 24.4 Å². The molecule has 4 N–H and O–H groups in total. The highest BCUT2D eigenvalue weighted by Crippen LogP contribution is 2.28. The number of aromatic nitrogens is 2. The quantitative estimate of drug-likeness (QED) is 0.748. The normalized spacial score (nSPS) is 10.1. The van der Waals surface area contributed by atoms with Crippen LogP contribution in [0.4, 0.5) is 11.5 Å². The van der Waals surface area contributed by atoms with Crippen LogP contribution in [-0.4, -0.2) is 24.4 Å². The van der Waals surface area contributed by atoms with Crippen LogP contribution in [0.25, 0.3) is 0 Å². The molecule has 18 heavy (non-hydrogen) atoms. The van der Waals surface area contributed by atoms with Gasteiger partial charge in [-0.25, -0.2) is 0 Å². The molecule has 0 radical (unpaired) electrons. The fraction of sp³-hybridized carbons (Fsp3) is 0.250. The van der Waals surface area contributed by atoms with Gasteiger partial charge in [-0.1, -0.05) is 6.07 Å². The number of nitrogens with two attached hydrogens (primary N) is 1. The van der Waals surface area contributed by atoms with Gasteiger partial charge >= 0.3 is 0 Å². The van der Waals surface area contributed by atoms with Crippen molar-refractivity contribution in [1.29, 1.82) is 0 Å². The van der Waals surface area contributed by atoms with E-state index in [0.29, 0.717) is 23.9 Å². The summed E-state index contributed by atoms with van der Waals surface area (Å²) < 4.78 is 10.4. The van der Waals surface area contributed by atoms with Gasteiger partial charge in [-0.3, -0.25) is 5.10 Å². The average Bonchev–Trinajstić information content (AvgIpc) is 2.81. The molecule has 0 saturated heterocycles. The molecule has 0 atom stereocenters. The number of aromatic amines is 1. The predicted molar refractivity (Wildman–Crippen MR) is 69.9 cm³/mol. The molecule has 0 saturated carbocycles. The zero-order chi connectivity index (χ0) is 13.0. The van der Waals surface area contributed by atoms with Gasteiger partial charge < -0.3 is 20.5 Å². The summed E-state index contributed by atoms with van der Waals surface area (Å²) in [5.74, 6) is 1.94. The molecular weight excluding hydrogens is 232 g/mol. The van der Waals surface area contributed by atoms with Crippen LogP contribution < -0.4 is 20.5 Å². The second-order valence-corrected chi connectivity index (χ2v) is 3.74. The highest BCUT2D eigenvalue weighted by molar-refractivity contribution is 5.60. The molecule has 0 amide bonds. The molecule has 2 aromatic rings. The maximum Gasteiger partial charge on any atom is 0.161 e. The largest absolute Gasteiger partial charge is 0.493 e. The predicted octanol–water partition coefficient (Wildman–Crippen LogP) is 1.62. The van der Waals surface area contributed by atoms with Crippen molar-refractivity contribution in [2.45, 2.75) is 6.54 Å². The Morgan fingerprint density at radius 2 is 2.06 bits per heavy atom. The average molecular weight is 248 g/mol. The van der Waals surface area contributed by atoms with E-state index in [1.807, 2.05) is 18.2 Å². The third-order valence-corrected chi connectivity index (χ3v) is 2.60. The van der Waals surface area contributed by atoms with Gasteiger partial charge in [0, 0.05) is 6.54 Å². The van der Waals surface area contributed by atoms with Gasteiger partial charge in [0.25, 0.3) is 0 Å². The minimum Gasteiger partial charge on any atom is -0.493 e. The van der Waals surface area contributed by atoms with Gasteiger partial charge in [0.1, 0.15) is 5.82 Å². The molecule has 96 valence electrons. The standard InChI is InChI=1S/C12H16N4O2/c1-17-10-4-3-8(5-11(10)18-2)6-14-9-7-15-16-12(9)13/h3-5,7,14H,6H2,1-2H3,(H3,13,15,16). The minimum absolute atomic E-state index is 0.524. The lowest BCUT2D eigenvalue weighted by molar-refractivity contribution is 0.354. The van der Waals surface area contributed by atoms with E-state index < -0.39 is 0 Å². The zero-order valence-electron chi connectivity index (χ0n) is 10.4. The number of nitrogens with zero attached hydrogens (tertiary/aromatic N) is 1. The molecule has 0 aliphatic rings. The molecule has 1 aromatic carbocycles. The van der Waals surface area contributed by atoms with Crippen LogP contribution in [0.1, 0.15) is 5.56 Å². The van der Waals surface area contributed by atoms with Gasteiger partial charge in [-0.15, -0.1) is 0 Å². The number of benzene rings is 1. The lowest BCUT2D eigenvalue weighted by Gasteiger charge is -2.10. The molecule has 1 aromatic heterocycles. The van der Waals surface area contributed by atoms with E-state index in [2.05, 4.69) is 15.5 Å². The molecule has 1 heterocycles. The summed E-state index contributed by atoms with van der Waals surface area (Å²) in [6, 6.07) is 5.75. The van der Waals surface area contributed by atoms with Gasteiger partial charge in [-0.05, 0) is 17.7 Å². The highest BCUT2D eigenvalue weighted by atomic mass is 16.5. The number of ether oxygens (including phenoxy) is 2. The third-order valence-electron chi connectivity index (χ3n) is 2.60. The molecular formula is C12H16N4O2. The van der Waals surface area contributed by atoms with Crippen molar-refractivity contribution in [1.82, 2.24) is 10.2 Å². The minimum atomic E-state index is 0.524. The van der Waals surface area contributed by atoms with Crippen molar-refractivity contribution in [3.8, 4) is 11.5 Å². The Morgan fingerprint density at radius 1 is 1.28 bits per heavy atom. The third kappa shape index (κ3) is 2.48. The smallest absolute Gasteiger partial charge is 0.161 e. The van der Waals surface area contributed by atoms with E-state index in [4.69, 9.17) is 15.2 Å². The number of methoxy groups -OCH3 is 2. The molecule has 6 nitrogen and oxygen atoms in total. The van der Waals surface area contributed by atoms with Gasteiger partial charge in [0.15, 0.2) is 11.5 Å². The Kier molecular flexibility index (Phi) is 3.57. The lowest BCUT2D eigenvalue weighted by atomic mass is 10.2. The molecule has 0 bridgehead atoms. The van der Waals surface area contributed by atoms with Crippen LogP contribution in [-0.2, 0) is 6.54 Å². The Labute approximate surface area is 105 Å². The summed E-state index contributed by atoms with van der Waals surface area (Å²) in [5, 5.41) is 9.69. The summed E-state index contributed by atoms with van der Waals surface area (Å²) in [7, 11) is 3.23. The fourth-order valence-electron chi connectivity index (χ4n) is 1.62. The lowest BCUT2D eigenvalue weighted by Crippen LogP contribution is -2.01. The molecule has 0 spiro atoms. The van der Waals surface area contributed by atoms with Crippen LogP contribution in [0.3, 0.4) is 0 Å². The molecule has 0 fully saturated rings. The summed E-state index contributed by atoms with van der Waals surface area (Å²) in [6.45, 7) is 0.629. The van der Waals surface area contributed by atoms with E-state index >= 15 is 0 Å². The molecule has 0 aliphatic carbocycles. The molecule has 6 heteroatoms. The van der Waals surface area contributed by atoms with E-state index in [-0.39, 0.29) is 0 Å². The van der Waals surface area contributed by atoms with Crippen molar-refractivity contribution in [3.05, 3.63) is 30.0 Å². The first-order chi connectivity index (χ1) is 8.74. The first-order valence-corrected chi connectivity index (χ1v) is 5.48. The van der Waals surface area contributed by atoms with Crippen molar-refractivity contribution in [2.24, 2.45) is 0 Å². The Bertz CT molecular complexity index is 525. The van der Waals surface area contributed by atoms with Gasteiger partial charge in [-0.2, -0.15) is 5.10 Å². The van der Waals surface area contributed by atoms with E-state index in [9.17, 15) is 0 Å². The number of rotatable bonds is 5. The maximum atomic E-state index is 5.68. The summed E-state index contributed by atoms with van der Waals surface area (Å²) >= 11 is 0. The number of nitrogen functional groups attached to an aromatic ring is 1. The van der Waals surface area contributed by atoms with E-state index in [1.54, 1.807) is 20.4 Å². The summed E-state index contributed by atoms with van der Waals surface area (Å²) in [4.78, 5) is 0. The topological polar surface area (TPSA) is 85.2 Å². The van der Waals surface area contributed by atoms with E-state index in [0.717, 1.165) is 11.3 Å². The Balaban J connectivity index is 2.08. The van der Waals surface area contributed by atoms with Gasteiger partial charge in [0.2, 0.25) is 0 Å². The highest BCUT2D eigenvalue weighted by Gasteiger charge is 2.05. The van der Waals surface area contributed by atoms with Crippen LogP contribution in [0.2, 0.25) is 0 Å². The first-order valence-electron chi connectivity index (χ1n) is 5.48. The zero-order valence-corrected chi connectivity index (χ0v) is 10.4. The monoisotopic (exact) mass is 248 g/mol. The number of anilines is 2. The van der Waals surface area contributed by atoms with Gasteiger partial charge in [0.05, 0.1) is 26.1 Å². The van der Waals surface area contributed by atoms with Crippen molar-refractivity contribution < 1.29 is 9.47 Å².